The van der Waals surface area contributed by atoms with Crippen LogP contribution in [0.4, 0.5) is 10.1 Å². The second-order valence-electron chi connectivity index (χ2n) is 5.35. The average Bonchev–Trinajstić information content (AvgIpc) is 2.57. The molecule has 2 aromatic carbocycles. The van der Waals surface area contributed by atoms with Crippen molar-refractivity contribution in [1.82, 2.24) is 0 Å². The second-order valence-corrected chi connectivity index (χ2v) is 5.76. The third-order valence-electron chi connectivity index (χ3n) is 3.20. The highest BCUT2D eigenvalue weighted by molar-refractivity contribution is 6.33. The number of hydrogen-bond donors (Lipinski definition) is 1. The van der Waals surface area contributed by atoms with Gasteiger partial charge in [0.25, 0.3) is 5.91 Å². The largest absolute Gasteiger partial charge is 0.479 e. The molecule has 0 aromatic heterocycles. The lowest BCUT2D eigenvalue weighted by molar-refractivity contribution is -0.153. The number of carbonyl (C=O) groups is 2. The van der Waals surface area contributed by atoms with Gasteiger partial charge in [0.05, 0.1) is 10.7 Å². The summed E-state index contributed by atoms with van der Waals surface area (Å²) >= 11 is 6.02. The minimum absolute atomic E-state index is 0.321. The van der Waals surface area contributed by atoms with Crippen molar-refractivity contribution in [1.29, 1.82) is 0 Å². The highest BCUT2D eigenvalue weighted by atomic mass is 35.5. The molecule has 0 saturated heterocycles. The molecular weight excluding hydrogens is 349 g/mol. The van der Waals surface area contributed by atoms with Crippen LogP contribution in [0.5, 0.6) is 5.75 Å². The molecule has 7 heteroatoms. The van der Waals surface area contributed by atoms with Crippen molar-refractivity contribution in [3.8, 4) is 5.75 Å². The number of nitrogens with one attached hydrogen (secondary N) is 1. The van der Waals surface area contributed by atoms with Crippen molar-refractivity contribution in [2.24, 2.45) is 0 Å². The van der Waals surface area contributed by atoms with Crippen molar-refractivity contribution in [3.63, 3.8) is 0 Å². The number of amides is 1. The lowest BCUT2D eigenvalue weighted by atomic mass is 10.2. The number of aryl methyl sites for hydroxylation is 1. The molecule has 132 valence electrons. The molecule has 0 fully saturated rings. The van der Waals surface area contributed by atoms with Crippen LogP contribution in [0.3, 0.4) is 0 Å². The van der Waals surface area contributed by atoms with Crippen molar-refractivity contribution in [2.45, 2.75) is 20.0 Å². The fourth-order valence-electron chi connectivity index (χ4n) is 1.93. The Bertz CT molecular complexity index is 764. The zero-order chi connectivity index (χ0) is 18.4. The highest BCUT2D eigenvalue weighted by Gasteiger charge is 2.18. The summed E-state index contributed by atoms with van der Waals surface area (Å²) in [5.74, 6) is -1.32. The normalized spacial score (nSPS) is 11.5. The maximum atomic E-state index is 12.8. The molecule has 1 amide bonds. The zero-order valence-electron chi connectivity index (χ0n) is 13.7. The molecule has 0 saturated carbocycles. The predicted octanol–water partition coefficient (Wildman–Crippen LogP) is 3.74. The Morgan fingerprint density at radius 2 is 1.88 bits per heavy atom. The standard InChI is InChI=1S/C18H17ClFNO4/c1-11-3-8-16(15(19)9-11)21-17(22)10-24-18(23)12(2)25-14-6-4-13(20)5-7-14/h3-9,12H,10H2,1-2H3,(H,21,22)/t12-/m1/s1. The molecule has 0 bridgehead atoms. The van der Waals surface area contributed by atoms with E-state index >= 15 is 0 Å². The monoisotopic (exact) mass is 365 g/mol. The van der Waals surface area contributed by atoms with Gasteiger partial charge in [-0.2, -0.15) is 0 Å². The first kappa shape index (κ1) is 18.7. The number of carbonyl (C=O) groups excluding carboxylic acids is 2. The summed E-state index contributed by atoms with van der Waals surface area (Å²) in [7, 11) is 0. The van der Waals surface area contributed by atoms with Crippen molar-refractivity contribution < 1.29 is 23.5 Å². The van der Waals surface area contributed by atoms with Crippen LogP contribution in [0.1, 0.15) is 12.5 Å². The van der Waals surface area contributed by atoms with E-state index in [-0.39, 0.29) is 0 Å². The Kier molecular flexibility index (Phi) is 6.36. The van der Waals surface area contributed by atoms with Gasteiger partial charge >= 0.3 is 5.97 Å². The van der Waals surface area contributed by atoms with E-state index in [9.17, 15) is 14.0 Å². The maximum Gasteiger partial charge on any atom is 0.347 e. The van der Waals surface area contributed by atoms with Gasteiger partial charge in [0.15, 0.2) is 12.7 Å². The van der Waals surface area contributed by atoms with Gasteiger partial charge in [-0.25, -0.2) is 9.18 Å². The maximum absolute atomic E-state index is 12.8. The van der Waals surface area contributed by atoms with Gasteiger partial charge in [-0.05, 0) is 55.8 Å². The Morgan fingerprint density at radius 1 is 1.20 bits per heavy atom. The second kappa shape index (κ2) is 8.48. The number of benzene rings is 2. The van der Waals surface area contributed by atoms with E-state index in [1.807, 2.05) is 6.92 Å². The average molecular weight is 366 g/mol. The minimum Gasteiger partial charge on any atom is -0.479 e. The number of ether oxygens (including phenoxy) is 2. The summed E-state index contributed by atoms with van der Waals surface area (Å²) in [5.41, 5.74) is 1.39. The van der Waals surface area contributed by atoms with Crippen LogP contribution in [-0.4, -0.2) is 24.6 Å². The highest BCUT2D eigenvalue weighted by Crippen LogP contribution is 2.22. The van der Waals surface area contributed by atoms with Gasteiger partial charge in [-0.3, -0.25) is 4.79 Å². The van der Waals surface area contributed by atoms with E-state index in [4.69, 9.17) is 21.1 Å². The van der Waals surface area contributed by atoms with Gasteiger partial charge in [0.1, 0.15) is 11.6 Å². The summed E-state index contributed by atoms with van der Waals surface area (Å²) in [4.78, 5) is 23.7. The topological polar surface area (TPSA) is 64.6 Å². The van der Waals surface area contributed by atoms with E-state index in [1.54, 1.807) is 18.2 Å². The molecule has 0 unspecified atom stereocenters. The minimum atomic E-state index is -0.943. The number of esters is 1. The summed E-state index contributed by atoms with van der Waals surface area (Å²) in [6, 6.07) is 10.4. The summed E-state index contributed by atoms with van der Waals surface area (Å²) in [5, 5.41) is 2.95. The molecule has 0 heterocycles. The quantitative estimate of drug-likeness (QED) is 0.792. The molecule has 0 spiro atoms. The van der Waals surface area contributed by atoms with Crippen LogP contribution in [0.25, 0.3) is 0 Å². The number of halogens is 2. The van der Waals surface area contributed by atoms with Crippen LogP contribution < -0.4 is 10.1 Å². The summed E-state index contributed by atoms with van der Waals surface area (Å²) in [6.45, 7) is 2.88. The molecule has 0 aliphatic carbocycles. The van der Waals surface area contributed by atoms with E-state index < -0.39 is 30.4 Å². The van der Waals surface area contributed by atoms with Gasteiger partial charge in [-0.1, -0.05) is 17.7 Å². The Morgan fingerprint density at radius 3 is 2.52 bits per heavy atom. The molecular formula is C18H17ClFNO4. The molecule has 2 aromatic rings. The van der Waals surface area contributed by atoms with E-state index in [2.05, 4.69) is 5.32 Å². The fourth-order valence-corrected chi connectivity index (χ4v) is 2.21. The Labute approximate surface area is 149 Å². The van der Waals surface area contributed by atoms with Crippen molar-refractivity contribution >= 4 is 29.2 Å². The first-order valence-corrected chi connectivity index (χ1v) is 7.88. The number of anilines is 1. The van der Waals surface area contributed by atoms with Crippen LogP contribution in [-0.2, 0) is 14.3 Å². The van der Waals surface area contributed by atoms with Gasteiger partial charge in [0.2, 0.25) is 0 Å². The van der Waals surface area contributed by atoms with Crippen LogP contribution in [0.15, 0.2) is 42.5 Å². The fraction of sp³-hybridized carbons (Fsp3) is 0.222. The predicted molar refractivity (Wildman–Crippen MR) is 92.3 cm³/mol. The summed E-state index contributed by atoms with van der Waals surface area (Å²) in [6.07, 6.45) is -0.943. The van der Waals surface area contributed by atoms with E-state index in [0.717, 1.165) is 5.56 Å². The molecule has 0 aliphatic rings. The Hall–Kier alpha value is -2.60. The van der Waals surface area contributed by atoms with Gasteiger partial charge in [0, 0.05) is 0 Å². The first-order chi connectivity index (χ1) is 11.8. The number of rotatable bonds is 6. The molecule has 1 N–H and O–H groups in total. The van der Waals surface area contributed by atoms with Crippen molar-refractivity contribution in [2.75, 3.05) is 11.9 Å². The zero-order valence-corrected chi connectivity index (χ0v) is 14.5. The van der Waals surface area contributed by atoms with Gasteiger partial charge in [-0.15, -0.1) is 0 Å². The molecule has 2 rings (SSSR count). The molecule has 1 atom stereocenters. The first-order valence-electron chi connectivity index (χ1n) is 7.50. The summed E-state index contributed by atoms with van der Waals surface area (Å²) < 4.78 is 23.0. The van der Waals surface area contributed by atoms with Crippen molar-refractivity contribution in [3.05, 3.63) is 58.9 Å². The van der Waals surface area contributed by atoms with Gasteiger partial charge < -0.3 is 14.8 Å². The SMILES string of the molecule is Cc1ccc(NC(=O)COC(=O)[C@@H](C)Oc2ccc(F)cc2)c(Cl)c1. The van der Waals surface area contributed by atoms with Crippen LogP contribution in [0.2, 0.25) is 5.02 Å². The van der Waals surface area contributed by atoms with E-state index in [1.165, 1.54) is 31.2 Å². The Balaban J connectivity index is 1.82. The number of hydrogen-bond acceptors (Lipinski definition) is 4. The third-order valence-corrected chi connectivity index (χ3v) is 3.52. The third kappa shape index (κ3) is 5.76. The van der Waals surface area contributed by atoms with Crippen LogP contribution >= 0.6 is 11.6 Å². The molecule has 0 radical (unpaired) electrons. The smallest absolute Gasteiger partial charge is 0.347 e. The molecule has 0 aliphatic heterocycles. The van der Waals surface area contributed by atoms with E-state index in [0.29, 0.717) is 16.5 Å². The molecule has 5 nitrogen and oxygen atoms in total. The van der Waals surface area contributed by atoms with Crippen LogP contribution in [0, 0.1) is 12.7 Å². The lowest BCUT2D eigenvalue weighted by Gasteiger charge is -2.14. The lowest BCUT2D eigenvalue weighted by Crippen LogP contribution is -2.29. The molecule has 25 heavy (non-hydrogen) atoms.